The van der Waals surface area contributed by atoms with Gasteiger partial charge in [-0.2, -0.15) is 9.36 Å². The number of nitrogen functional groups attached to an aromatic ring is 2. The lowest BCUT2D eigenvalue weighted by atomic mass is 10.0. The van der Waals surface area contributed by atoms with Gasteiger partial charge in [0.2, 0.25) is 17.1 Å². The first-order valence-corrected chi connectivity index (χ1v) is 16.4. The molecule has 47 heavy (non-hydrogen) atoms. The van der Waals surface area contributed by atoms with Gasteiger partial charge in [-0.1, -0.05) is 5.16 Å². The molecule has 2 saturated heterocycles. The van der Waals surface area contributed by atoms with Gasteiger partial charge in [-0.15, -0.1) is 11.8 Å². The maximum Gasteiger partial charge on any atom is 0.352 e. The number of carboxylic acids is 2. The molecule has 0 aromatic carbocycles. The molecule has 0 spiro atoms. The number of oxime groups is 1. The molecule has 2 unspecified atom stereocenters. The lowest BCUT2D eigenvalue weighted by molar-refractivity contribution is -0.664. The van der Waals surface area contributed by atoms with Gasteiger partial charge in [-0.05, 0) is 56.9 Å². The summed E-state index contributed by atoms with van der Waals surface area (Å²) in [5.41, 5.74) is 11.5. The number of anilines is 2. The highest BCUT2D eigenvalue weighted by atomic mass is 32.2. The summed E-state index contributed by atoms with van der Waals surface area (Å²) in [6.07, 6.45) is 3.60. The first kappa shape index (κ1) is 32.1. The number of aromatic nitrogens is 5. The average Bonchev–Trinajstić information content (AvgIpc) is 3.62. The van der Waals surface area contributed by atoms with Gasteiger partial charge in [-0.3, -0.25) is 19.1 Å². The van der Waals surface area contributed by atoms with E-state index in [4.69, 9.17) is 16.3 Å². The number of aliphatic carboxylic acids is 2. The minimum atomic E-state index is -1.80. The van der Waals surface area contributed by atoms with Crippen LogP contribution in [-0.4, -0.2) is 99.3 Å². The summed E-state index contributed by atoms with van der Waals surface area (Å²) in [5, 5.41) is 28.5. The summed E-state index contributed by atoms with van der Waals surface area (Å²) in [6, 6.07) is 2.86. The number of nitrogens with two attached hydrogens (primary N) is 2. The average molecular weight is 687 g/mol. The van der Waals surface area contributed by atoms with Crippen LogP contribution in [0.15, 0.2) is 34.8 Å². The van der Waals surface area contributed by atoms with Gasteiger partial charge < -0.3 is 37.2 Å². The number of carboxylic acid groups (broad SMARTS) is 2. The molecular weight excluding hydrogens is 655 g/mol. The van der Waals surface area contributed by atoms with E-state index in [2.05, 4.69) is 30.1 Å². The summed E-state index contributed by atoms with van der Waals surface area (Å²) < 4.78 is 7.80. The second-order valence-corrected chi connectivity index (χ2v) is 13.5. The summed E-state index contributed by atoms with van der Waals surface area (Å²) >= 11 is 2.06. The Balaban J connectivity index is 1.24. The van der Waals surface area contributed by atoms with E-state index in [1.54, 1.807) is 6.20 Å². The highest BCUT2D eigenvalue weighted by Crippen LogP contribution is 2.40. The van der Waals surface area contributed by atoms with Crippen molar-refractivity contribution in [3.63, 3.8) is 0 Å². The fourth-order valence-electron chi connectivity index (χ4n) is 5.64. The Morgan fingerprint density at radius 2 is 1.98 bits per heavy atom. The van der Waals surface area contributed by atoms with Crippen molar-refractivity contribution < 1.29 is 38.8 Å². The number of carbonyl (C=O) groups excluding carboxylic acids is 2. The van der Waals surface area contributed by atoms with Gasteiger partial charge in [-0.25, -0.2) is 14.2 Å². The largest absolute Gasteiger partial charge is 0.478 e. The molecule has 0 bridgehead atoms. The van der Waals surface area contributed by atoms with Crippen LogP contribution in [-0.2, 0) is 30.6 Å². The van der Waals surface area contributed by atoms with Crippen molar-refractivity contribution >= 4 is 75.0 Å². The molecule has 6 rings (SSSR count). The van der Waals surface area contributed by atoms with Crippen LogP contribution in [0.25, 0.3) is 11.2 Å². The van der Waals surface area contributed by atoms with Crippen molar-refractivity contribution in [1.29, 1.82) is 0 Å². The lowest BCUT2D eigenvalue weighted by Gasteiger charge is -2.49. The number of hydrogen-bond donors (Lipinski definition) is 6. The van der Waals surface area contributed by atoms with Crippen LogP contribution >= 0.6 is 23.3 Å². The molecule has 248 valence electrons. The summed E-state index contributed by atoms with van der Waals surface area (Å²) in [5.74, 6) is -3.81. The number of carbonyl (C=O) groups is 4. The van der Waals surface area contributed by atoms with E-state index in [0.29, 0.717) is 17.2 Å². The number of thioether (sulfide) groups is 1. The highest BCUT2D eigenvalue weighted by molar-refractivity contribution is 8.00. The van der Waals surface area contributed by atoms with Gasteiger partial charge >= 0.3 is 23.5 Å². The number of piperidine rings is 1. The van der Waals surface area contributed by atoms with Gasteiger partial charge in [0.05, 0.1) is 6.20 Å². The Kier molecular flexibility index (Phi) is 8.49. The minimum absolute atomic E-state index is 0.0183. The fraction of sp³-hybridized carbons (Fsp3) is 0.444. The van der Waals surface area contributed by atoms with Gasteiger partial charge in [0.1, 0.15) is 29.2 Å². The molecule has 3 aliphatic rings. The summed E-state index contributed by atoms with van der Waals surface area (Å²) in [7, 11) is 0. The molecule has 0 radical (unpaired) electrons. The van der Waals surface area contributed by atoms with E-state index >= 15 is 0 Å². The van der Waals surface area contributed by atoms with Gasteiger partial charge in [0, 0.05) is 28.9 Å². The molecule has 2 atom stereocenters. The maximum atomic E-state index is 13.4. The van der Waals surface area contributed by atoms with Crippen LogP contribution in [0.4, 0.5) is 11.1 Å². The van der Waals surface area contributed by atoms with E-state index in [1.807, 2.05) is 21.3 Å². The quantitative estimate of drug-likeness (QED) is 0.0667. The zero-order chi connectivity index (χ0) is 33.6. The first-order valence-electron chi connectivity index (χ1n) is 14.5. The smallest absolute Gasteiger partial charge is 0.352 e. The number of fused-ring (bicyclic) bond motifs is 2. The van der Waals surface area contributed by atoms with Gasteiger partial charge in [0.25, 0.3) is 11.8 Å². The Bertz CT molecular complexity index is 1850. The van der Waals surface area contributed by atoms with E-state index in [0.717, 1.165) is 47.9 Å². The molecule has 6 heterocycles. The Hall–Kier alpha value is -4.82. The molecule has 0 aliphatic carbocycles. The number of rotatable bonds is 10. The van der Waals surface area contributed by atoms with Crippen LogP contribution in [0.3, 0.4) is 0 Å². The number of imidazole rings is 1. The van der Waals surface area contributed by atoms with Crippen LogP contribution < -0.4 is 26.7 Å². The van der Waals surface area contributed by atoms with E-state index in [-0.39, 0.29) is 35.0 Å². The monoisotopic (exact) mass is 686 g/mol. The molecular formula is C27H32N11O7S2+. The van der Waals surface area contributed by atoms with Crippen LogP contribution in [0.5, 0.6) is 0 Å². The number of pyridine rings is 1. The van der Waals surface area contributed by atoms with E-state index in [9.17, 15) is 29.4 Å². The third-order valence-electron chi connectivity index (χ3n) is 8.07. The zero-order valence-electron chi connectivity index (χ0n) is 25.2. The molecule has 3 aromatic heterocycles. The second kappa shape index (κ2) is 12.4. The molecule has 20 heteroatoms. The number of nitrogens with one attached hydrogen (secondary N) is 2. The highest BCUT2D eigenvalue weighted by Gasteiger charge is 2.55. The Morgan fingerprint density at radius 1 is 1.23 bits per heavy atom. The predicted octanol–water partition coefficient (Wildman–Crippen LogP) is -0.713. The molecule has 0 saturated carbocycles. The normalized spacial score (nSPS) is 20.6. The topological polar surface area (TPSA) is 257 Å². The van der Waals surface area contributed by atoms with E-state index < -0.39 is 46.5 Å². The number of amides is 2. The van der Waals surface area contributed by atoms with E-state index in [1.165, 1.54) is 25.6 Å². The molecule has 3 aromatic rings. The number of hydrogen-bond acceptors (Lipinski definition) is 14. The molecule has 3 aliphatic heterocycles. The van der Waals surface area contributed by atoms with Crippen LogP contribution in [0.1, 0.15) is 38.6 Å². The van der Waals surface area contributed by atoms with Crippen molar-refractivity contribution in [2.24, 2.45) is 5.16 Å². The second-order valence-electron chi connectivity index (χ2n) is 11.6. The van der Waals surface area contributed by atoms with Crippen LogP contribution in [0.2, 0.25) is 0 Å². The van der Waals surface area contributed by atoms with Crippen molar-refractivity contribution in [2.75, 3.05) is 30.3 Å². The molecule has 18 nitrogen and oxygen atoms in total. The zero-order valence-corrected chi connectivity index (χ0v) is 26.9. The SMILES string of the molecule is CC(C)(ON=C(C(=O)NC1C(=O)N2C(C(=O)O)=C(C[n+]3cccc4c3nc(N)n4C3CCNCC3)CSC12)c1nsc(N)n1)C(=O)O. The number of β-lactam (4-membered cyclic amide) rings is 1. The predicted molar refractivity (Wildman–Crippen MR) is 169 cm³/mol. The Labute approximate surface area is 275 Å². The third-order valence-corrected chi connectivity index (χ3v) is 9.95. The lowest BCUT2D eigenvalue weighted by Crippen LogP contribution is -2.71. The number of nitrogens with zero attached hydrogens (tertiary/aromatic N) is 7. The summed E-state index contributed by atoms with van der Waals surface area (Å²) in [6.45, 7) is 4.35. The standard InChI is InChI=1S/C27H31N11O7S2/c1-27(2,24(43)44)45-34-15(18-32-26(29)47-35-18)20(39)31-16-21(40)38-17(23(41)42)12(11-46-22(16)38)10-36-9-3-4-14-19(36)33-25(28)37(14)13-5-7-30-8-6-13/h3-4,9,13,16,22,28,30H,5-8,10-11H2,1-2H3,(H5,29,31,32,35,39,41,42,43,44)/p+1. The van der Waals surface area contributed by atoms with Gasteiger partial charge in [0.15, 0.2) is 5.13 Å². The molecule has 8 N–H and O–H groups in total. The molecule has 2 amide bonds. The van der Waals surface area contributed by atoms with Crippen LogP contribution in [0, 0.1) is 0 Å². The minimum Gasteiger partial charge on any atom is -0.478 e. The van der Waals surface area contributed by atoms with Crippen molar-refractivity contribution in [1.82, 2.24) is 34.4 Å². The molecule has 2 fully saturated rings. The van der Waals surface area contributed by atoms with Crippen molar-refractivity contribution in [3.05, 3.63) is 35.4 Å². The van der Waals surface area contributed by atoms with Crippen molar-refractivity contribution in [3.8, 4) is 0 Å². The third kappa shape index (κ3) is 5.94. The first-order chi connectivity index (χ1) is 22.4. The fourth-order valence-corrected chi connectivity index (χ4v) is 7.41. The summed E-state index contributed by atoms with van der Waals surface area (Å²) in [4.78, 5) is 65.6. The van der Waals surface area contributed by atoms with Crippen molar-refractivity contribution in [2.45, 2.75) is 56.3 Å². The maximum absolute atomic E-state index is 13.4. The Morgan fingerprint density at radius 3 is 2.64 bits per heavy atom.